The van der Waals surface area contributed by atoms with Gasteiger partial charge in [0.25, 0.3) is 0 Å². The van der Waals surface area contributed by atoms with Crippen molar-refractivity contribution in [2.75, 3.05) is 13.1 Å². The fourth-order valence-electron chi connectivity index (χ4n) is 3.24. The third kappa shape index (κ3) is 1.81. The van der Waals surface area contributed by atoms with Gasteiger partial charge in [-0.15, -0.1) is 0 Å². The molecular formula is C14H16FNO2. The molecule has 0 amide bonds. The molecule has 0 spiro atoms. The number of benzene rings is 1. The largest absolute Gasteiger partial charge is 0.481 e. The normalized spacial score (nSPS) is 27.4. The van der Waals surface area contributed by atoms with Crippen molar-refractivity contribution in [2.24, 2.45) is 5.92 Å². The summed E-state index contributed by atoms with van der Waals surface area (Å²) < 4.78 is 13.6. The van der Waals surface area contributed by atoms with E-state index < -0.39 is 5.97 Å². The summed E-state index contributed by atoms with van der Waals surface area (Å²) >= 11 is 0. The Morgan fingerprint density at radius 3 is 2.94 bits per heavy atom. The van der Waals surface area contributed by atoms with Crippen LogP contribution in [0.2, 0.25) is 0 Å². The van der Waals surface area contributed by atoms with Crippen LogP contribution in [-0.2, 0) is 11.2 Å². The van der Waals surface area contributed by atoms with Crippen LogP contribution in [0.15, 0.2) is 18.2 Å². The molecule has 1 aromatic rings. The number of nitrogens with zero attached hydrogens (tertiary/aromatic N) is 1. The fraction of sp³-hybridized carbons (Fsp3) is 0.500. The zero-order valence-electron chi connectivity index (χ0n) is 10.1. The first-order valence-electron chi connectivity index (χ1n) is 6.41. The van der Waals surface area contributed by atoms with Crippen LogP contribution in [0.5, 0.6) is 0 Å². The first-order chi connectivity index (χ1) is 8.66. The van der Waals surface area contributed by atoms with Gasteiger partial charge in [-0.3, -0.25) is 9.69 Å². The van der Waals surface area contributed by atoms with Gasteiger partial charge >= 0.3 is 5.97 Å². The van der Waals surface area contributed by atoms with Gasteiger partial charge in [-0.05, 0) is 43.0 Å². The first kappa shape index (κ1) is 11.7. The summed E-state index contributed by atoms with van der Waals surface area (Å²) in [5.74, 6) is -1.10. The van der Waals surface area contributed by atoms with Crippen molar-refractivity contribution in [3.63, 3.8) is 0 Å². The molecule has 1 fully saturated rings. The minimum Gasteiger partial charge on any atom is -0.481 e. The van der Waals surface area contributed by atoms with Crippen molar-refractivity contribution in [2.45, 2.75) is 25.3 Å². The maximum absolute atomic E-state index is 13.6. The Morgan fingerprint density at radius 1 is 1.39 bits per heavy atom. The number of rotatable bonds is 2. The van der Waals surface area contributed by atoms with E-state index >= 15 is 0 Å². The Bertz CT molecular complexity index is 489. The van der Waals surface area contributed by atoms with Gasteiger partial charge in [0.1, 0.15) is 5.82 Å². The molecule has 1 aliphatic carbocycles. The van der Waals surface area contributed by atoms with Crippen LogP contribution in [0.1, 0.15) is 30.0 Å². The maximum atomic E-state index is 13.6. The first-order valence-corrected chi connectivity index (χ1v) is 6.41. The lowest BCUT2D eigenvalue weighted by molar-refractivity contribution is -0.141. The number of fused-ring (bicyclic) bond motifs is 1. The summed E-state index contributed by atoms with van der Waals surface area (Å²) in [4.78, 5) is 13.2. The van der Waals surface area contributed by atoms with E-state index in [1.807, 2.05) is 6.07 Å². The van der Waals surface area contributed by atoms with Crippen LogP contribution in [0, 0.1) is 11.7 Å². The van der Waals surface area contributed by atoms with E-state index in [2.05, 4.69) is 4.90 Å². The van der Waals surface area contributed by atoms with Crippen LogP contribution in [-0.4, -0.2) is 29.1 Å². The number of hydrogen-bond acceptors (Lipinski definition) is 2. The molecule has 4 heteroatoms. The number of hydrogen-bond donors (Lipinski definition) is 1. The third-order valence-electron chi connectivity index (χ3n) is 4.19. The molecule has 0 radical (unpaired) electrons. The molecule has 0 bridgehead atoms. The molecule has 1 aromatic carbocycles. The molecule has 2 unspecified atom stereocenters. The number of carbonyl (C=O) groups is 1. The van der Waals surface area contributed by atoms with Gasteiger partial charge in [-0.25, -0.2) is 4.39 Å². The van der Waals surface area contributed by atoms with Crippen molar-refractivity contribution in [1.29, 1.82) is 0 Å². The second-order valence-electron chi connectivity index (χ2n) is 5.18. The smallest absolute Gasteiger partial charge is 0.307 e. The highest BCUT2D eigenvalue weighted by molar-refractivity contribution is 5.70. The molecule has 0 saturated carbocycles. The molecule has 3 rings (SSSR count). The van der Waals surface area contributed by atoms with E-state index in [-0.39, 0.29) is 17.8 Å². The topological polar surface area (TPSA) is 40.5 Å². The van der Waals surface area contributed by atoms with Crippen molar-refractivity contribution < 1.29 is 14.3 Å². The quantitative estimate of drug-likeness (QED) is 0.873. The van der Waals surface area contributed by atoms with E-state index in [0.717, 1.165) is 30.5 Å². The molecule has 2 aliphatic rings. The van der Waals surface area contributed by atoms with Crippen LogP contribution in [0.3, 0.4) is 0 Å². The Hall–Kier alpha value is -1.42. The molecule has 1 saturated heterocycles. The third-order valence-corrected chi connectivity index (χ3v) is 4.19. The highest BCUT2D eigenvalue weighted by atomic mass is 19.1. The van der Waals surface area contributed by atoms with Gasteiger partial charge in [0.05, 0.1) is 5.92 Å². The van der Waals surface area contributed by atoms with Crippen LogP contribution in [0.4, 0.5) is 4.39 Å². The summed E-state index contributed by atoms with van der Waals surface area (Å²) in [6, 6.07) is 5.44. The summed E-state index contributed by atoms with van der Waals surface area (Å²) in [6.07, 6.45) is 2.37. The predicted octanol–water partition coefficient (Wildman–Crippen LogP) is 2.22. The second kappa shape index (κ2) is 4.35. The molecule has 0 aromatic heterocycles. The zero-order chi connectivity index (χ0) is 12.7. The molecule has 1 heterocycles. The highest BCUT2D eigenvalue weighted by Gasteiger charge is 2.36. The zero-order valence-corrected chi connectivity index (χ0v) is 10.1. The number of aliphatic carboxylic acids is 1. The number of carboxylic acids is 1. The summed E-state index contributed by atoms with van der Waals surface area (Å²) in [6.45, 7) is 1.40. The molecular weight excluding hydrogens is 233 g/mol. The van der Waals surface area contributed by atoms with E-state index in [0.29, 0.717) is 13.0 Å². The van der Waals surface area contributed by atoms with E-state index in [9.17, 15) is 9.18 Å². The monoisotopic (exact) mass is 249 g/mol. The van der Waals surface area contributed by atoms with Gasteiger partial charge in [0.15, 0.2) is 0 Å². The molecule has 1 aliphatic heterocycles. The Balaban J connectivity index is 1.81. The maximum Gasteiger partial charge on any atom is 0.307 e. The number of carboxylic acid groups (broad SMARTS) is 1. The Labute approximate surface area is 105 Å². The lowest BCUT2D eigenvalue weighted by atomic mass is 10.1. The van der Waals surface area contributed by atoms with Crippen molar-refractivity contribution in [3.8, 4) is 0 Å². The van der Waals surface area contributed by atoms with E-state index in [1.165, 1.54) is 6.07 Å². The van der Waals surface area contributed by atoms with Gasteiger partial charge in [-0.2, -0.15) is 0 Å². The standard InChI is InChI=1S/C14H16FNO2/c15-12-3-1-2-11-10(12)4-5-13(11)16-7-6-9(8-16)14(17)18/h1-3,9,13H,4-8H2,(H,17,18). The SMILES string of the molecule is O=C(O)C1CCN(C2CCc3c(F)cccc32)C1. The van der Waals surface area contributed by atoms with Gasteiger partial charge < -0.3 is 5.11 Å². The van der Waals surface area contributed by atoms with Crippen LogP contribution in [0.25, 0.3) is 0 Å². The lowest BCUT2D eigenvalue weighted by Crippen LogP contribution is -2.26. The molecule has 2 atom stereocenters. The number of likely N-dealkylation sites (tertiary alicyclic amines) is 1. The van der Waals surface area contributed by atoms with Crippen molar-refractivity contribution in [1.82, 2.24) is 4.90 Å². The van der Waals surface area contributed by atoms with Gasteiger partial charge in [0.2, 0.25) is 0 Å². The van der Waals surface area contributed by atoms with Gasteiger partial charge in [-0.1, -0.05) is 12.1 Å². The van der Waals surface area contributed by atoms with Crippen molar-refractivity contribution >= 4 is 5.97 Å². The van der Waals surface area contributed by atoms with Crippen LogP contribution < -0.4 is 0 Å². The molecule has 96 valence electrons. The fourth-order valence-corrected chi connectivity index (χ4v) is 3.24. The average Bonchev–Trinajstić information content (AvgIpc) is 2.94. The highest BCUT2D eigenvalue weighted by Crippen LogP contribution is 2.39. The van der Waals surface area contributed by atoms with Crippen molar-refractivity contribution in [3.05, 3.63) is 35.1 Å². The molecule has 3 nitrogen and oxygen atoms in total. The minimum absolute atomic E-state index is 0.121. The second-order valence-corrected chi connectivity index (χ2v) is 5.18. The minimum atomic E-state index is -0.713. The molecule has 18 heavy (non-hydrogen) atoms. The Kier molecular flexibility index (Phi) is 2.82. The molecule has 1 N–H and O–H groups in total. The summed E-state index contributed by atoms with van der Waals surface area (Å²) in [5.41, 5.74) is 1.88. The lowest BCUT2D eigenvalue weighted by Gasteiger charge is -2.24. The summed E-state index contributed by atoms with van der Waals surface area (Å²) in [7, 11) is 0. The van der Waals surface area contributed by atoms with E-state index in [4.69, 9.17) is 5.11 Å². The predicted molar refractivity (Wildman–Crippen MR) is 64.8 cm³/mol. The van der Waals surface area contributed by atoms with Crippen LogP contribution >= 0.6 is 0 Å². The average molecular weight is 249 g/mol. The summed E-state index contributed by atoms with van der Waals surface area (Å²) in [5, 5.41) is 9.03. The van der Waals surface area contributed by atoms with Gasteiger partial charge in [0, 0.05) is 12.6 Å². The Morgan fingerprint density at radius 2 is 2.22 bits per heavy atom. The van der Waals surface area contributed by atoms with E-state index in [1.54, 1.807) is 6.07 Å². The number of halogens is 1.